The van der Waals surface area contributed by atoms with Crippen LogP contribution in [0.5, 0.6) is 0 Å². The van der Waals surface area contributed by atoms with Crippen LogP contribution in [0, 0.1) is 5.82 Å². The zero-order valence-corrected chi connectivity index (χ0v) is 19.0. The number of rotatable bonds is 3. The fraction of sp³-hybridized carbons (Fsp3) is 0.0417. The van der Waals surface area contributed by atoms with Crippen molar-refractivity contribution in [1.82, 2.24) is 4.98 Å². The summed E-state index contributed by atoms with van der Waals surface area (Å²) < 4.78 is 15.6. The Hall–Kier alpha value is -3.26. The van der Waals surface area contributed by atoms with Crippen molar-refractivity contribution in [2.24, 2.45) is 0 Å². The van der Waals surface area contributed by atoms with Gasteiger partial charge in [0.2, 0.25) is 0 Å². The van der Waals surface area contributed by atoms with E-state index in [-0.39, 0.29) is 21.8 Å². The molecule has 1 aliphatic rings. The average Bonchev–Trinajstić information content (AvgIpc) is 3.32. The number of aliphatic hydroxyl groups is 1. The molecule has 1 atom stereocenters. The monoisotopic (exact) mass is 498 g/mol. The van der Waals surface area contributed by atoms with Crippen LogP contribution < -0.4 is 4.90 Å². The summed E-state index contributed by atoms with van der Waals surface area (Å²) in [5.41, 5.74) is 0.676. The van der Waals surface area contributed by atoms with Crippen molar-refractivity contribution in [2.45, 2.75) is 6.04 Å². The highest BCUT2D eigenvalue weighted by Gasteiger charge is 2.49. The van der Waals surface area contributed by atoms with Crippen LogP contribution in [0.15, 0.2) is 72.3 Å². The molecule has 33 heavy (non-hydrogen) atoms. The summed E-state index contributed by atoms with van der Waals surface area (Å²) in [5.74, 6) is -2.90. The Morgan fingerprint density at radius 1 is 1.00 bits per heavy atom. The van der Waals surface area contributed by atoms with Crippen LogP contribution in [-0.2, 0) is 9.59 Å². The molecule has 1 aromatic heterocycles. The summed E-state index contributed by atoms with van der Waals surface area (Å²) in [7, 11) is 0. The summed E-state index contributed by atoms with van der Waals surface area (Å²) in [5, 5.41) is 12.2. The SMILES string of the molecule is O=C1C(=O)N(c2nc3ccc(Cl)cc3s2)C(c2ccccc2F)/C1=C(\O)c1ccc(Cl)cc1. The van der Waals surface area contributed by atoms with E-state index < -0.39 is 29.3 Å². The van der Waals surface area contributed by atoms with Gasteiger partial charge < -0.3 is 5.11 Å². The molecule has 0 aliphatic carbocycles. The van der Waals surface area contributed by atoms with E-state index in [4.69, 9.17) is 23.2 Å². The van der Waals surface area contributed by atoms with Crippen LogP contribution in [0.1, 0.15) is 17.2 Å². The van der Waals surface area contributed by atoms with Gasteiger partial charge in [0.1, 0.15) is 17.6 Å². The molecule has 1 N–H and O–H groups in total. The number of amides is 1. The topological polar surface area (TPSA) is 70.5 Å². The first kappa shape index (κ1) is 21.6. The normalized spacial score (nSPS) is 17.8. The van der Waals surface area contributed by atoms with Crippen LogP contribution in [0.25, 0.3) is 16.0 Å². The average molecular weight is 499 g/mol. The number of nitrogens with zero attached hydrogens (tertiary/aromatic N) is 2. The van der Waals surface area contributed by atoms with Gasteiger partial charge in [-0.15, -0.1) is 0 Å². The highest BCUT2D eigenvalue weighted by Crippen LogP contribution is 2.45. The molecule has 5 rings (SSSR count). The van der Waals surface area contributed by atoms with E-state index in [1.165, 1.54) is 30.3 Å². The number of ketones is 1. The number of carbonyl (C=O) groups is 2. The quantitative estimate of drug-likeness (QED) is 0.202. The predicted octanol–water partition coefficient (Wildman–Crippen LogP) is 6.37. The lowest BCUT2D eigenvalue weighted by molar-refractivity contribution is -0.132. The number of Topliss-reactive ketones (excluding diaryl/α,β-unsaturated/α-hetero) is 1. The zero-order chi connectivity index (χ0) is 23.3. The number of aromatic nitrogens is 1. The first-order valence-electron chi connectivity index (χ1n) is 9.72. The van der Waals surface area contributed by atoms with Crippen LogP contribution in [0.3, 0.4) is 0 Å². The third kappa shape index (κ3) is 3.68. The maximum absolute atomic E-state index is 14.9. The second-order valence-electron chi connectivity index (χ2n) is 7.31. The van der Waals surface area contributed by atoms with Crippen LogP contribution in [0.2, 0.25) is 10.0 Å². The molecule has 3 aromatic carbocycles. The lowest BCUT2D eigenvalue weighted by Crippen LogP contribution is -2.29. The Bertz CT molecular complexity index is 1470. The molecule has 1 unspecified atom stereocenters. The van der Waals surface area contributed by atoms with E-state index in [1.54, 1.807) is 36.4 Å². The minimum atomic E-state index is -1.21. The smallest absolute Gasteiger partial charge is 0.301 e. The van der Waals surface area contributed by atoms with Gasteiger partial charge in [-0.05, 0) is 48.5 Å². The lowest BCUT2D eigenvalue weighted by Gasteiger charge is -2.23. The van der Waals surface area contributed by atoms with Gasteiger partial charge in [-0.3, -0.25) is 14.5 Å². The summed E-state index contributed by atoms with van der Waals surface area (Å²) in [4.78, 5) is 31.9. The Balaban J connectivity index is 1.75. The highest BCUT2D eigenvalue weighted by atomic mass is 35.5. The Morgan fingerprint density at radius 2 is 1.70 bits per heavy atom. The van der Waals surface area contributed by atoms with E-state index >= 15 is 0 Å². The molecule has 1 aliphatic heterocycles. The molecule has 0 bridgehead atoms. The molecule has 1 fully saturated rings. The Labute approximate surface area is 201 Å². The molecule has 4 aromatic rings. The van der Waals surface area contributed by atoms with E-state index in [2.05, 4.69) is 4.98 Å². The Kier molecular flexibility index (Phi) is 5.40. The van der Waals surface area contributed by atoms with Gasteiger partial charge in [-0.25, -0.2) is 9.37 Å². The van der Waals surface area contributed by atoms with Crippen molar-refractivity contribution in [1.29, 1.82) is 0 Å². The first-order chi connectivity index (χ1) is 15.8. The summed E-state index contributed by atoms with van der Waals surface area (Å²) in [6, 6.07) is 15.8. The third-order valence-corrected chi connectivity index (χ3v) is 6.81. The minimum Gasteiger partial charge on any atom is -0.507 e. The predicted molar refractivity (Wildman–Crippen MR) is 127 cm³/mol. The van der Waals surface area contributed by atoms with Gasteiger partial charge in [0.25, 0.3) is 5.78 Å². The van der Waals surface area contributed by atoms with Crippen molar-refractivity contribution in [3.63, 3.8) is 0 Å². The van der Waals surface area contributed by atoms with E-state index in [1.807, 2.05) is 0 Å². The van der Waals surface area contributed by atoms with E-state index in [0.717, 1.165) is 16.2 Å². The number of hydrogen-bond donors (Lipinski definition) is 1. The van der Waals surface area contributed by atoms with Gasteiger partial charge >= 0.3 is 5.91 Å². The van der Waals surface area contributed by atoms with Gasteiger partial charge in [0.15, 0.2) is 5.13 Å². The number of thiazole rings is 1. The van der Waals surface area contributed by atoms with Crippen LogP contribution in [0.4, 0.5) is 9.52 Å². The lowest BCUT2D eigenvalue weighted by atomic mass is 9.95. The zero-order valence-electron chi connectivity index (χ0n) is 16.6. The largest absolute Gasteiger partial charge is 0.507 e. The van der Waals surface area contributed by atoms with E-state index in [0.29, 0.717) is 20.3 Å². The van der Waals surface area contributed by atoms with Gasteiger partial charge in [-0.2, -0.15) is 0 Å². The van der Waals surface area contributed by atoms with Gasteiger partial charge in [0, 0.05) is 21.2 Å². The van der Waals surface area contributed by atoms with Crippen molar-refractivity contribution >= 4 is 67.3 Å². The fourth-order valence-electron chi connectivity index (χ4n) is 3.77. The molecule has 1 amide bonds. The molecule has 164 valence electrons. The number of hydrogen-bond acceptors (Lipinski definition) is 5. The first-order valence-corrected chi connectivity index (χ1v) is 11.3. The molecule has 9 heteroatoms. The summed E-state index contributed by atoms with van der Waals surface area (Å²) in [6.07, 6.45) is 0. The molecular formula is C24H13Cl2FN2O3S. The number of halogens is 3. The second-order valence-corrected chi connectivity index (χ2v) is 9.19. The summed E-state index contributed by atoms with van der Waals surface area (Å²) in [6.45, 7) is 0. The number of aliphatic hydroxyl groups excluding tert-OH is 1. The van der Waals surface area contributed by atoms with Crippen molar-refractivity contribution in [2.75, 3.05) is 4.90 Å². The number of carbonyl (C=O) groups excluding carboxylic acids is 2. The Morgan fingerprint density at radius 3 is 2.42 bits per heavy atom. The standard InChI is InChI=1S/C24H13Cl2FN2O3S/c25-13-7-5-12(6-8-13)21(30)19-20(15-3-1-2-4-16(15)27)29(23(32)22(19)31)24-28-17-10-9-14(26)11-18(17)33-24/h1-11,20,30H/b21-19+. The third-order valence-electron chi connectivity index (χ3n) is 5.31. The molecule has 0 saturated carbocycles. The molecule has 0 spiro atoms. The molecule has 1 saturated heterocycles. The van der Waals surface area contributed by atoms with Crippen LogP contribution >= 0.6 is 34.5 Å². The van der Waals surface area contributed by atoms with Crippen molar-refractivity contribution in [3.8, 4) is 0 Å². The van der Waals surface area contributed by atoms with E-state index in [9.17, 15) is 19.1 Å². The van der Waals surface area contributed by atoms with Crippen molar-refractivity contribution < 1.29 is 19.1 Å². The summed E-state index contributed by atoms with van der Waals surface area (Å²) >= 11 is 13.1. The molecule has 2 heterocycles. The van der Waals surface area contributed by atoms with Gasteiger partial charge in [0.05, 0.1) is 15.8 Å². The second kappa shape index (κ2) is 8.26. The van der Waals surface area contributed by atoms with Gasteiger partial charge in [-0.1, -0.05) is 52.7 Å². The van der Waals surface area contributed by atoms with Crippen molar-refractivity contribution in [3.05, 3.63) is 99.3 Å². The maximum Gasteiger partial charge on any atom is 0.301 e. The molecule has 0 radical (unpaired) electrons. The van der Waals surface area contributed by atoms with Crippen LogP contribution in [-0.4, -0.2) is 21.8 Å². The highest BCUT2D eigenvalue weighted by molar-refractivity contribution is 7.22. The fourth-order valence-corrected chi connectivity index (χ4v) is 5.17. The number of anilines is 1. The number of fused-ring (bicyclic) bond motifs is 1. The minimum absolute atomic E-state index is 0.0597. The molecule has 5 nitrogen and oxygen atoms in total. The number of benzene rings is 3. The molecular weight excluding hydrogens is 486 g/mol. The maximum atomic E-state index is 14.9.